The van der Waals surface area contributed by atoms with Gasteiger partial charge in [0.2, 0.25) is 0 Å². The van der Waals surface area contributed by atoms with E-state index < -0.39 is 5.97 Å². The summed E-state index contributed by atoms with van der Waals surface area (Å²) >= 11 is 0. The van der Waals surface area contributed by atoms with E-state index in [0.29, 0.717) is 31.9 Å². The number of halogens is 1. The molecule has 26 heavy (non-hydrogen) atoms. The highest BCUT2D eigenvalue weighted by molar-refractivity contribution is 5.88. The van der Waals surface area contributed by atoms with Gasteiger partial charge in [0.1, 0.15) is 11.6 Å². The molecular formula is C19H19FN2O4. The molecule has 1 saturated heterocycles. The number of carboxylic acids is 1. The molecule has 0 atom stereocenters. The Labute approximate surface area is 150 Å². The minimum absolute atomic E-state index is 0.0844. The van der Waals surface area contributed by atoms with Crippen molar-refractivity contribution in [2.75, 3.05) is 37.7 Å². The van der Waals surface area contributed by atoms with Gasteiger partial charge < -0.3 is 19.6 Å². The van der Waals surface area contributed by atoms with Crippen LogP contribution < -0.4 is 9.64 Å². The molecule has 3 rings (SSSR count). The van der Waals surface area contributed by atoms with Gasteiger partial charge in [-0.15, -0.1) is 0 Å². The van der Waals surface area contributed by atoms with E-state index in [2.05, 4.69) is 4.90 Å². The monoisotopic (exact) mass is 358 g/mol. The highest BCUT2D eigenvalue weighted by atomic mass is 19.1. The lowest BCUT2D eigenvalue weighted by molar-refractivity contribution is -0.133. The predicted octanol–water partition coefficient (Wildman–Crippen LogP) is 2.25. The summed E-state index contributed by atoms with van der Waals surface area (Å²) < 4.78 is 18.2. The zero-order valence-electron chi connectivity index (χ0n) is 14.1. The predicted molar refractivity (Wildman–Crippen MR) is 94.1 cm³/mol. The van der Waals surface area contributed by atoms with Crippen molar-refractivity contribution in [1.82, 2.24) is 4.90 Å². The molecule has 1 fully saturated rings. The second-order valence-corrected chi connectivity index (χ2v) is 5.96. The molecule has 1 N–H and O–H groups in total. The van der Waals surface area contributed by atoms with Crippen molar-refractivity contribution in [2.45, 2.75) is 0 Å². The number of amides is 1. The number of hydrogen-bond acceptors (Lipinski definition) is 4. The molecule has 0 spiro atoms. The van der Waals surface area contributed by atoms with Crippen molar-refractivity contribution in [2.24, 2.45) is 0 Å². The van der Waals surface area contributed by atoms with Gasteiger partial charge in [-0.3, -0.25) is 4.79 Å². The maximum atomic E-state index is 12.9. The molecule has 7 heteroatoms. The molecule has 0 saturated carbocycles. The largest absolute Gasteiger partial charge is 0.484 e. The molecule has 1 heterocycles. The Bertz CT molecular complexity index is 769. The Morgan fingerprint density at radius 3 is 2.15 bits per heavy atom. The molecule has 1 amide bonds. The summed E-state index contributed by atoms with van der Waals surface area (Å²) in [6, 6.07) is 12.2. The van der Waals surface area contributed by atoms with Crippen LogP contribution in [0.4, 0.5) is 10.1 Å². The molecule has 2 aromatic carbocycles. The van der Waals surface area contributed by atoms with Gasteiger partial charge in [-0.05, 0) is 48.5 Å². The number of rotatable bonds is 5. The number of hydrogen-bond donors (Lipinski definition) is 1. The quantitative estimate of drug-likeness (QED) is 0.888. The lowest BCUT2D eigenvalue weighted by Gasteiger charge is -2.36. The number of piperazine rings is 1. The van der Waals surface area contributed by atoms with Crippen LogP contribution in [0.1, 0.15) is 10.4 Å². The van der Waals surface area contributed by atoms with Crippen LogP contribution in [-0.4, -0.2) is 54.7 Å². The number of anilines is 1. The molecule has 2 aromatic rings. The van der Waals surface area contributed by atoms with Crippen molar-refractivity contribution < 1.29 is 23.8 Å². The minimum atomic E-state index is -0.951. The van der Waals surface area contributed by atoms with Gasteiger partial charge in [0.05, 0.1) is 5.56 Å². The van der Waals surface area contributed by atoms with Gasteiger partial charge in [0.25, 0.3) is 5.91 Å². The standard InChI is InChI=1S/C19H19FN2O4/c20-15-3-7-17(8-4-15)26-13-18(23)22-11-9-21(10-12-22)16-5-1-14(2-6-16)19(24)25/h1-8H,9-13H2,(H,24,25). The van der Waals surface area contributed by atoms with Crippen LogP contribution in [0, 0.1) is 5.82 Å². The topological polar surface area (TPSA) is 70.1 Å². The second kappa shape index (κ2) is 7.86. The van der Waals surface area contributed by atoms with Gasteiger partial charge in [0.15, 0.2) is 6.61 Å². The SMILES string of the molecule is O=C(O)c1ccc(N2CCN(C(=O)COc3ccc(F)cc3)CC2)cc1. The van der Waals surface area contributed by atoms with Gasteiger partial charge >= 0.3 is 5.97 Å². The zero-order chi connectivity index (χ0) is 18.5. The summed E-state index contributed by atoms with van der Waals surface area (Å²) in [5.74, 6) is -0.962. The fraction of sp³-hybridized carbons (Fsp3) is 0.263. The molecule has 1 aliphatic rings. The molecule has 0 unspecified atom stereocenters. The van der Waals surface area contributed by atoms with Crippen LogP contribution in [0.2, 0.25) is 0 Å². The number of benzene rings is 2. The van der Waals surface area contributed by atoms with Crippen molar-refractivity contribution in [3.63, 3.8) is 0 Å². The van der Waals surface area contributed by atoms with Crippen molar-refractivity contribution >= 4 is 17.6 Å². The van der Waals surface area contributed by atoms with Crippen molar-refractivity contribution in [3.05, 3.63) is 59.9 Å². The number of nitrogens with zero attached hydrogens (tertiary/aromatic N) is 2. The van der Waals surface area contributed by atoms with Gasteiger partial charge in [-0.25, -0.2) is 9.18 Å². The smallest absolute Gasteiger partial charge is 0.335 e. The van der Waals surface area contributed by atoms with Crippen LogP contribution in [0.25, 0.3) is 0 Å². The van der Waals surface area contributed by atoms with E-state index >= 15 is 0 Å². The summed E-state index contributed by atoms with van der Waals surface area (Å²) in [4.78, 5) is 27.0. The normalized spacial score (nSPS) is 14.2. The molecule has 6 nitrogen and oxygen atoms in total. The maximum absolute atomic E-state index is 12.9. The first kappa shape index (κ1) is 17.7. The summed E-state index contributed by atoms with van der Waals surface area (Å²) in [5.41, 5.74) is 1.19. The van der Waals surface area contributed by atoms with E-state index in [1.807, 2.05) is 0 Å². The average molecular weight is 358 g/mol. The Hall–Kier alpha value is -3.09. The highest BCUT2D eigenvalue weighted by Gasteiger charge is 2.21. The zero-order valence-corrected chi connectivity index (χ0v) is 14.1. The lowest BCUT2D eigenvalue weighted by atomic mass is 10.2. The summed E-state index contributed by atoms with van der Waals surface area (Å²) in [5, 5.41) is 8.94. The molecule has 0 radical (unpaired) electrons. The van der Waals surface area contributed by atoms with E-state index in [9.17, 15) is 14.0 Å². The second-order valence-electron chi connectivity index (χ2n) is 5.96. The third-order valence-electron chi connectivity index (χ3n) is 4.29. The molecule has 1 aliphatic heterocycles. The molecule has 0 aliphatic carbocycles. The molecule has 0 bridgehead atoms. The Morgan fingerprint density at radius 1 is 0.962 bits per heavy atom. The number of carboxylic acid groups (broad SMARTS) is 1. The lowest BCUT2D eigenvalue weighted by Crippen LogP contribution is -2.50. The first-order chi connectivity index (χ1) is 12.5. The average Bonchev–Trinajstić information content (AvgIpc) is 2.67. The van der Waals surface area contributed by atoms with Crippen LogP contribution in [0.5, 0.6) is 5.75 Å². The first-order valence-electron chi connectivity index (χ1n) is 8.27. The summed E-state index contributed by atoms with van der Waals surface area (Å²) in [7, 11) is 0. The number of carbonyl (C=O) groups is 2. The van der Waals surface area contributed by atoms with Gasteiger partial charge in [-0.2, -0.15) is 0 Å². The van der Waals surface area contributed by atoms with Crippen LogP contribution >= 0.6 is 0 Å². The third-order valence-corrected chi connectivity index (χ3v) is 4.29. The summed E-state index contributed by atoms with van der Waals surface area (Å²) in [6.07, 6.45) is 0. The van der Waals surface area contributed by atoms with E-state index in [0.717, 1.165) is 5.69 Å². The minimum Gasteiger partial charge on any atom is -0.484 e. The molecule has 0 aromatic heterocycles. The van der Waals surface area contributed by atoms with E-state index in [-0.39, 0.29) is 23.9 Å². The first-order valence-corrected chi connectivity index (χ1v) is 8.27. The van der Waals surface area contributed by atoms with E-state index in [1.165, 1.54) is 24.3 Å². The number of carbonyl (C=O) groups excluding carboxylic acids is 1. The highest BCUT2D eigenvalue weighted by Crippen LogP contribution is 2.18. The van der Waals surface area contributed by atoms with Crippen LogP contribution in [0.3, 0.4) is 0 Å². The third kappa shape index (κ3) is 4.30. The Balaban J connectivity index is 1.48. The number of ether oxygens (including phenoxy) is 1. The van der Waals surface area contributed by atoms with E-state index in [4.69, 9.17) is 9.84 Å². The Kier molecular flexibility index (Phi) is 5.36. The Morgan fingerprint density at radius 2 is 1.58 bits per heavy atom. The summed E-state index contributed by atoms with van der Waals surface area (Å²) in [6.45, 7) is 2.36. The van der Waals surface area contributed by atoms with Gasteiger partial charge in [-0.1, -0.05) is 0 Å². The van der Waals surface area contributed by atoms with Gasteiger partial charge in [0, 0.05) is 31.9 Å². The van der Waals surface area contributed by atoms with Crippen LogP contribution in [-0.2, 0) is 4.79 Å². The fourth-order valence-corrected chi connectivity index (χ4v) is 2.80. The maximum Gasteiger partial charge on any atom is 0.335 e. The van der Waals surface area contributed by atoms with E-state index in [1.54, 1.807) is 29.2 Å². The molecule has 136 valence electrons. The number of aromatic carboxylic acids is 1. The fourth-order valence-electron chi connectivity index (χ4n) is 2.80. The molecular weight excluding hydrogens is 339 g/mol. The van der Waals surface area contributed by atoms with Crippen molar-refractivity contribution in [1.29, 1.82) is 0 Å². The van der Waals surface area contributed by atoms with Crippen LogP contribution in [0.15, 0.2) is 48.5 Å². The van der Waals surface area contributed by atoms with Crippen molar-refractivity contribution in [3.8, 4) is 5.75 Å².